The SMILES string of the molecule is Cc1cc(NC(C)CCCC(C)C)ccc1C(=O)O. The Hall–Kier alpha value is -1.51. The smallest absolute Gasteiger partial charge is 0.335 e. The maximum atomic E-state index is 10.9. The first kappa shape index (κ1) is 15.5. The van der Waals surface area contributed by atoms with Crippen molar-refractivity contribution in [2.24, 2.45) is 5.92 Å². The number of aromatic carboxylic acids is 1. The van der Waals surface area contributed by atoms with Crippen molar-refractivity contribution in [2.45, 2.75) is 53.0 Å². The number of rotatable bonds is 7. The van der Waals surface area contributed by atoms with Crippen LogP contribution in [-0.4, -0.2) is 17.1 Å². The fourth-order valence-electron chi connectivity index (χ4n) is 2.18. The second-order valence-electron chi connectivity index (χ2n) is 5.70. The molecule has 1 aromatic carbocycles. The van der Waals surface area contributed by atoms with E-state index in [4.69, 9.17) is 5.11 Å². The number of anilines is 1. The highest BCUT2D eigenvalue weighted by atomic mass is 16.4. The third kappa shape index (κ3) is 5.33. The molecular weight excluding hydrogens is 238 g/mol. The van der Waals surface area contributed by atoms with E-state index in [9.17, 15) is 4.79 Å². The van der Waals surface area contributed by atoms with Gasteiger partial charge in [-0.15, -0.1) is 0 Å². The first-order valence-electron chi connectivity index (χ1n) is 7.00. The highest BCUT2D eigenvalue weighted by Gasteiger charge is 2.08. The number of carboxylic acids is 1. The third-order valence-corrected chi connectivity index (χ3v) is 3.29. The van der Waals surface area contributed by atoms with Crippen molar-refractivity contribution in [2.75, 3.05) is 5.32 Å². The first-order chi connectivity index (χ1) is 8.90. The van der Waals surface area contributed by atoms with Crippen LogP contribution in [-0.2, 0) is 0 Å². The van der Waals surface area contributed by atoms with Gasteiger partial charge in [-0.1, -0.05) is 26.7 Å². The summed E-state index contributed by atoms with van der Waals surface area (Å²) >= 11 is 0. The van der Waals surface area contributed by atoms with Crippen molar-refractivity contribution < 1.29 is 9.90 Å². The van der Waals surface area contributed by atoms with E-state index in [0.29, 0.717) is 11.6 Å². The molecular formula is C16H25NO2. The van der Waals surface area contributed by atoms with Crippen LogP contribution in [0.4, 0.5) is 5.69 Å². The topological polar surface area (TPSA) is 49.3 Å². The second kappa shape index (κ2) is 7.17. The molecule has 19 heavy (non-hydrogen) atoms. The molecule has 106 valence electrons. The molecule has 0 saturated carbocycles. The van der Waals surface area contributed by atoms with Gasteiger partial charge in [0.05, 0.1) is 5.56 Å². The molecule has 0 aliphatic heterocycles. The number of carbonyl (C=O) groups is 1. The van der Waals surface area contributed by atoms with Crippen LogP contribution in [0.5, 0.6) is 0 Å². The van der Waals surface area contributed by atoms with E-state index in [1.807, 2.05) is 19.1 Å². The molecule has 1 unspecified atom stereocenters. The lowest BCUT2D eigenvalue weighted by Crippen LogP contribution is -2.15. The van der Waals surface area contributed by atoms with Crippen LogP contribution in [0.25, 0.3) is 0 Å². The Morgan fingerprint density at radius 2 is 1.95 bits per heavy atom. The van der Waals surface area contributed by atoms with Crippen molar-refractivity contribution in [3.05, 3.63) is 29.3 Å². The van der Waals surface area contributed by atoms with Gasteiger partial charge in [0.15, 0.2) is 0 Å². The molecule has 0 aromatic heterocycles. The van der Waals surface area contributed by atoms with Crippen LogP contribution in [0, 0.1) is 12.8 Å². The summed E-state index contributed by atoms with van der Waals surface area (Å²) in [5.74, 6) is -0.113. The van der Waals surface area contributed by atoms with Crippen molar-refractivity contribution in [3.63, 3.8) is 0 Å². The molecule has 0 radical (unpaired) electrons. The molecule has 0 heterocycles. The van der Waals surface area contributed by atoms with Gasteiger partial charge < -0.3 is 10.4 Å². The molecule has 0 bridgehead atoms. The largest absolute Gasteiger partial charge is 0.478 e. The summed E-state index contributed by atoms with van der Waals surface area (Å²) in [6.07, 6.45) is 3.61. The van der Waals surface area contributed by atoms with Gasteiger partial charge in [0.1, 0.15) is 0 Å². The molecule has 1 rings (SSSR count). The van der Waals surface area contributed by atoms with Crippen molar-refractivity contribution in [1.82, 2.24) is 0 Å². The fraction of sp³-hybridized carbons (Fsp3) is 0.562. The molecule has 0 amide bonds. The van der Waals surface area contributed by atoms with Gasteiger partial charge in [-0.25, -0.2) is 4.79 Å². The molecule has 3 heteroatoms. The summed E-state index contributed by atoms with van der Waals surface area (Å²) in [5, 5.41) is 12.4. The maximum absolute atomic E-state index is 10.9. The summed E-state index contributed by atoms with van der Waals surface area (Å²) in [6, 6.07) is 5.83. The number of hydrogen-bond donors (Lipinski definition) is 2. The molecule has 0 aliphatic rings. The standard InChI is InChI=1S/C16H25NO2/c1-11(2)6-5-7-13(4)17-14-8-9-15(16(18)19)12(3)10-14/h8-11,13,17H,5-7H2,1-4H3,(H,18,19). The number of hydrogen-bond acceptors (Lipinski definition) is 2. The van der Waals surface area contributed by atoms with Gasteiger partial charge in [0.2, 0.25) is 0 Å². The average Bonchev–Trinajstić information content (AvgIpc) is 2.27. The number of carboxylic acid groups (broad SMARTS) is 1. The van der Waals surface area contributed by atoms with E-state index in [0.717, 1.165) is 23.6 Å². The van der Waals surface area contributed by atoms with Gasteiger partial charge in [-0.05, 0) is 49.9 Å². The lowest BCUT2D eigenvalue weighted by Gasteiger charge is -2.16. The van der Waals surface area contributed by atoms with Gasteiger partial charge in [0.25, 0.3) is 0 Å². The second-order valence-corrected chi connectivity index (χ2v) is 5.70. The zero-order chi connectivity index (χ0) is 14.4. The van der Waals surface area contributed by atoms with E-state index in [-0.39, 0.29) is 0 Å². The van der Waals surface area contributed by atoms with Crippen LogP contribution < -0.4 is 5.32 Å². The zero-order valence-corrected chi connectivity index (χ0v) is 12.4. The van der Waals surface area contributed by atoms with Crippen LogP contribution in [0.1, 0.15) is 56.0 Å². The Balaban J connectivity index is 2.53. The van der Waals surface area contributed by atoms with Gasteiger partial charge >= 0.3 is 5.97 Å². The van der Waals surface area contributed by atoms with Gasteiger partial charge in [-0.2, -0.15) is 0 Å². The van der Waals surface area contributed by atoms with E-state index >= 15 is 0 Å². The van der Waals surface area contributed by atoms with E-state index in [1.165, 1.54) is 12.8 Å². The Morgan fingerprint density at radius 1 is 1.26 bits per heavy atom. The maximum Gasteiger partial charge on any atom is 0.335 e. The molecule has 1 atom stereocenters. The molecule has 0 aliphatic carbocycles. The quantitative estimate of drug-likeness (QED) is 0.770. The normalized spacial score (nSPS) is 12.5. The summed E-state index contributed by atoms with van der Waals surface area (Å²) in [4.78, 5) is 10.9. The average molecular weight is 263 g/mol. The Labute approximate surface area is 116 Å². The number of nitrogens with one attached hydrogen (secondary N) is 1. The van der Waals surface area contributed by atoms with Crippen LogP contribution in [0.3, 0.4) is 0 Å². The first-order valence-corrected chi connectivity index (χ1v) is 7.00. The molecule has 0 fully saturated rings. The Bertz CT molecular complexity index is 427. The van der Waals surface area contributed by atoms with E-state index in [1.54, 1.807) is 6.07 Å². The van der Waals surface area contributed by atoms with Gasteiger partial charge in [-0.3, -0.25) is 0 Å². The minimum absolute atomic E-state index is 0.373. The third-order valence-electron chi connectivity index (χ3n) is 3.29. The predicted molar refractivity (Wildman–Crippen MR) is 79.9 cm³/mol. The summed E-state index contributed by atoms with van der Waals surface area (Å²) < 4.78 is 0. The Kier molecular flexibility index (Phi) is 5.87. The van der Waals surface area contributed by atoms with Crippen molar-refractivity contribution in [3.8, 4) is 0 Å². The molecule has 3 nitrogen and oxygen atoms in total. The highest BCUT2D eigenvalue weighted by molar-refractivity contribution is 5.89. The molecule has 2 N–H and O–H groups in total. The fourth-order valence-corrected chi connectivity index (χ4v) is 2.18. The summed E-state index contributed by atoms with van der Waals surface area (Å²) in [6.45, 7) is 8.48. The van der Waals surface area contributed by atoms with Crippen LogP contribution >= 0.6 is 0 Å². The molecule has 0 saturated heterocycles. The predicted octanol–water partition coefficient (Wildman–Crippen LogP) is 4.32. The van der Waals surface area contributed by atoms with Crippen LogP contribution in [0.2, 0.25) is 0 Å². The number of benzene rings is 1. The van der Waals surface area contributed by atoms with Crippen molar-refractivity contribution >= 4 is 11.7 Å². The van der Waals surface area contributed by atoms with E-state index < -0.39 is 5.97 Å². The van der Waals surface area contributed by atoms with Gasteiger partial charge in [0, 0.05) is 11.7 Å². The number of aryl methyl sites for hydroxylation is 1. The minimum atomic E-state index is -0.867. The molecule has 0 spiro atoms. The van der Waals surface area contributed by atoms with Crippen LogP contribution in [0.15, 0.2) is 18.2 Å². The highest BCUT2D eigenvalue weighted by Crippen LogP contribution is 2.17. The minimum Gasteiger partial charge on any atom is -0.478 e. The summed E-state index contributed by atoms with van der Waals surface area (Å²) in [5.41, 5.74) is 2.17. The Morgan fingerprint density at radius 3 is 2.47 bits per heavy atom. The monoisotopic (exact) mass is 263 g/mol. The lowest BCUT2D eigenvalue weighted by atomic mass is 10.0. The summed E-state index contributed by atoms with van der Waals surface area (Å²) in [7, 11) is 0. The molecule has 1 aromatic rings. The van der Waals surface area contributed by atoms with Crippen molar-refractivity contribution in [1.29, 1.82) is 0 Å². The lowest BCUT2D eigenvalue weighted by molar-refractivity contribution is 0.0696. The van der Waals surface area contributed by atoms with E-state index in [2.05, 4.69) is 26.1 Å². The zero-order valence-electron chi connectivity index (χ0n) is 12.4.